The van der Waals surface area contributed by atoms with Gasteiger partial charge in [-0.1, -0.05) is 66.7 Å². The number of hydrogen-bond donors (Lipinski definition) is 0. The van der Waals surface area contributed by atoms with Crippen LogP contribution in [0.25, 0.3) is 88.1 Å². The Morgan fingerprint density at radius 2 is 1.07 bits per heavy atom. The predicted octanol–water partition coefficient (Wildman–Crippen LogP) is 10.7. The Morgan fingerprint density at radius 3 is 1.69 bits per heavy atom. The van der Waals surface area contributed by atoms with Crippen LogP contribution < -0.4 is 0 Å². The summed E-state index contributed by atoms with van der Waals surface area (Å²) < 4.78 is 6.65. The Balaban J connectivity index is 1.21. The first-order valence-electron chi connectivity index (χ1n) is 15.0. The van der Waals surface area contributed by atoms with Gasteiger partial charge in [-0.25, -0.2) is 0 Å². The fourth-order valence-corrected chi connectivity index (χ4v) is 6.42. The second-order valence-electron chi connectivity index (χ2n) is 11.4. The molecule has 0 N–H and O–H groups in total. The number of pyridine rings is 3. The number of rotatable bonds is 4. The lowest BCUT2D eigenvalue weighted by atomic mass is 9.94. The van der Waals surface area contributed by atoms with Crippen molar-refractivity contribution < 1.29 is 4.42 Å². The van der Waals surface area contributed by atoms with Crippen molar-refractivity contribution in [1.29, 1.82) is 0 Å². The summed E-state index contributed by atoms with van der Waals surface area (Å²) in [4.78, 5) is 13.7. The monoisotopic (exact) mass is 575 g/mol. The van der Waals surface area contributed by atoms with Crippen LogP contribution in [0.1, 0.15) is 0 Å². The number of fused-ring (bicyclic) bond motifs is 6. The highest BCUT2D eigenvalue weighted by molar-refractivity contribution is 6.23. The quantitative estimate of drug-likeness (QED) is 0.209. The van der Waals surface area contributed by atoms with Crippen LogP contribution in [0.15, 0.2) is 157 Å². The van der Waals surface area contributed by atoms with Gasteiger partial charge in [0.1, 0.15) is 11.2 Å². The lowest BCUT2D eigenvalue weighted by Crippen LogP contribution is -1.89. The van der Waals surface area contributed by atoms with Gasteiger partial charge in [0.25, 0.3) is 0 Å². The molecule has 0 saturated carbocycles. The highest BCUT2D eigenvalue weighted by atomic mass is 16.3. The third kappa shape index (κ3) is 4.35. The molecule has 0 aliphatic rings. The average Bonchev–Trinajstić information content (AvgIpc) is 3.49. The average molecular weight is 576 g/mol. The van der Waals surface area contributed by atoms with E-state index in [1.165, 1.54) is 10.8 Å². The third-order valence-electron chi connectivity index (χ3n) is 8.63. The van der Waals surface area contributed by atoms with Crippen LogP contribution >= 0.6 is 0 Å². The summed E-state index contributed by atoms with van der Waals surface area (Å²) in [5, 5.41) is 6.94. The molecule has 0 amide bonds. The molecule has 4 aromatic heterocycles. The lowest BCUT2D eigenvalue weighted by molar-refractivity contribution is 0.670. The largest absolute Gasteiger partial charge is 0.455 e. The van der Waals surface area contributed by atoms with Gasteiger partial charge >= 0.3 is 0 Å². The molecule has 0 spiro atoms. The summed E-state index contributed by atoms with van der Waals surface area (Å²) in [6.07, 6.45) is 9.35. The van der Waals surface area contributed by atoms with Crippen LogP contribution in [0.4, 0.5) is 0 Å². The maximum Gasteiger partial charge on any atom is 0.145 e. The number of hydrogen-bond acceptors (Lipinski definition) is 4. The van der Waals surface area contributed by atoms with Gasteiger partial charge in [-0.05, 0) is 92.8 Å². The van der Waals surface area contributed by atoms with Crippen molar-refractivity contribution in [3.63, 3.8) is 0 Å². The number of furan rings is 1. The molecule has 4 nitrogen and oxygen atoms in total. The molecule has 0 saturated heterocycles. The Labute approximate surface area is 259 Å². The van der Waals surface area contributed by atoms with Crippen molar-refractivity contribution in [2.45, 2.75) is 0 Å². The molecule has 0 unspecified atom stereocenters. The molecule has 0 fully saturated rings. The zero-order valence-corrected chi connectivity index (χ0v) is 24.2. The first kappa shape index (κ1) is 25.4. The van der Waals surface area contributed by atoms with Gasteiger partial charge in [-0.3, -0.25) is 15.0 Å². The van der Waals surface area contributed by atoms with E-state index in [1.54, 1.807) is 12.4 Å². The molecule has 0 aliphatic heterocycles. The van der Waals surface area contributed by atoms with Gasteiger partial charge in [0.05, 0.1) is 5.69 Å². The Bertz CT molecular complexity index is 2460. The van der Waals surface area contributed by atoms with Crippen molar-refractivity contribution >= 4 is 43.5 Å². The second kappa shape index (κ2) is 10.2. The summed E-state index contributed by atoms with van der Waals surface area (Å²) in [5.74, 6) is 0. The topological polar surface area (TPSA) is 51.8 Å². The van der Waals surface area contributed by atoms with Crippen molar-refractivity contribution in [2.24, 2.45) is 0 Å². The van der Waals surface area contributed by atoms with E-state index >= 15 is 0 Å². The van der Waals surface area contributed by atoms with E-state index in [0.29, 0.717) is 0 Å². The molecule has 9 rings (SSSR count). The molecule has 0 radical (unpaired) electrons. The molecule has 9 aromatic rings. The summed E-state index contributed by atoms with van der Waals surface area (Å²) in [5.41, 5.74) is 10.0. The maximum atomic E-state index is 6.65. The molecule has 4 heteroatoms. The maximum absolute atomic E-state index is 6.65. The Kier molecular flexibility index (Phi) is 5.78. The Morgan fingerprint density at radius 1 is 0.444 bits per heavy atom. The van der Waals surface area contributed by atoms with E-state index < -0.39 is 0 Å². The van der Waals surface area contributed by atoms with E-state index in [1.807, 2.05) is 30.7 Å². The summed E-state index contributed by atoms with van der Waals surface area (Å²) in [7, 11) is 0. The zero-order chi connectivity index (χ0) is 29.7. The van der Waals surface area contributed by atoms with Crippen LogP contribution in [-0.4, -0.2) is 15.0 Å². The first-order valence-corrected chi connectivity index (χ1v) is 15.0. The van der Waals surface area contributed by atoms with Crippen molar-refractivity contribution in [1.82, 2.24) is 15.0 Å². The molecule has 0 atom stereocenters. The third-order valence-corrected chi connectivity index (χ3v) is 8.63. The van der Waals surface area contributed by atoms with Gasteiger partial charge < -0.3 is 4.42 Å². The standard InChI is InChI=1S/C41H25N3O/c1-2-8-27-22-39-37(20-26(27)7-1)40-35-12-4-3-9-28(35)21-36(41(40)45-39)38-14-13-31(25-44-38)34-18-32(29-10-5-15-42-23-29)17-33(19-34)30-11-6-16-43-24-30/h1-25H. The molecule has 0 aliphatic carbocycles. The van der Waals surface area contributed by atoms with Gasteiger partial charge in [0, 0.05) is 64.0 Å². The van der Waals surface area contributed by atoms with Crippen molar-refractivity contribution in [2.75, 3.05) is 0 Å². The second-order valence-corrected chi connectivity index (χ2v) is 11.4. The highest BCUT2D eigenvalue weighted by Gasteiger charge is 2.18. The van der Waals surface area contributed by atoms with E-state index in [4.69, 9.17) is 9.40 Å². The zero-order valence-electron chi connectivity index (χ0n) is 24.2. The van der Waals surface area contributed by atoms with Crippen molar-refractivity contribution in [3.05, 3.63) is 152 Å². The van der Waals surface area contributed by atoms with Gasteiger partial charge in [0.15, 0.2) is 0 Å². The van der Waals surface area contributed by atoms with Crippen LogP contribution in [0.5, 0.6) is 0 Å². The number of nitrogens with zero attached hydrogens (tertiary/aromatic N) is 3. The molecular weight excluding hydrogens is 550 g/mol. The van der Waals surface area contributed by atoms with Gasteiger partial charge in [-0.15, -0.1) is 0 Å². The van der Waals surface area contributed by atoms with E-state index in [-0.39, 0.29) is 0 Å². The normalized spacial score (nSPS) is 11.6. The van der Waals surface area contributed by atoms with Crippen molar-refractivity contribution in [3.8, 4) is 44.6 Å². The minimum atomic E-state index is 0.858. The smallest absolute Gasteiger partial charge is 0.145 e. The highest BCUT2D eigenvalue weighted by Crippen LogP contribution is 2.42. The van der Waals surface area contributed by atoms with Crippen LogP contribution in [-0.2, 0) is 0 Å². The first-order chi connectivity index (χ1) is 22.3. The molecule has 4 heterocycles. The SMILES string of the molecule is c1cncc(-c2cc(-c3cccnc3)cc(-c3ccc(-c4cc5ccccc5c5c4oc4cc6ccccc6cc45)nc3)c2)c1. The fourth-order valence-electron chi connectivity index (χ4n) is 6.42. The molecule has 5 aromatic carbocycles. The summed E-state index contributed by atoms with van der Waals surface area (Å²) in [6.45, 7) is 0. The molecule has 45 heavy (non-hydrogen) atoms. The van der Waals surface area contributed by atoms with Crippen LogP contribution in [0.2, 0.25) is 0 Å². The summed E-state index contributed by atoms with van der Waals surface area (Å²) >= 11 is 0. The molecule has 0 bridgehead atoms. The number of aromatic nitrogens is 3. The minimum Gasteiger partial charge on any atom is -0.455 e. The van der Waals surface area contributed by atoms with Gasteiger partial charge in [-0.2, -0.15) is 0 Å². The van der Waals surface area contributed by atoms with E-state index in [2.05, 4.69) is 119 Å². The van der Waals surface area contributed by atoms with Gasteiger partial charge in [0.2, 0.25) is 0 Å². The Hall–Kier alpha value is -6.13. The van der Waals surface area contributed by atoms with Crippen LogP contribution in [0, 0.1) is 0 Å². The van der Waals surface area contributed by atoms with E-state index in [9.17, 15) is 0 Å². The minimum absolute atomic E-state index is 0.858. The molecular formula is C41H25N3O. The summed E-state index contributed by atoms with van der Waals surface area (Å²) in [6, 6.07) is 42.5. The van der Waals surface area contributed by atoms with E-state index in [0.717, 1.165) is 77.3 Å². The lowest BCUT2D eigenvalue weighted by Gasteiger charge is -2.11. The predicted molar refractivity (Wildman–Crippen MR) is 184 cm³/mol. The van der Waals surface area contributed by atoms with Crippen LogP contribution in [0.3, 0.4) is 0 Å². The number of benzene rings is 5. The molecule has 210 valence electrons. The fraction of sp³-hybridized carbons (Fsp3) is 0.